The van der Waals surface area contributed by atoms with Crippen LogP contribution in [0.3, 0.4) is 0 Å². The number of amides is 1. The van der Waals surface area contributed by atoms with E-state index < -0.39 is 15.9 Å². The van der Waals surface area contributed by atoms with Crippen LogP contribution in [0.25, 0.3) is 0 Å². The fourth-order valence-corrected chi connectivity index (χ4v) is 3.42. The molecule has 0 bridgehead atoms. The minimum absolute atomic E-state index is 0.0177. The summed E-state index contributed by atoms with van der Waals surface area (Å²) >= 11 is 0. The van der Waals surface area contributed by atoms with E-state index in [-0.39, 0.29) is 17.1 Å². The van der Waals surface area contributed by atoms with Crippen molar-refractivity contribution in [2.75, 3.05) is 0 Å². The quantitative estimate of drug-likeness (QED) is 0.679. The van der Waals surface area contributed by atoms with E-state index in [9.17, 15) is 13.2 Å². The zero-order chi connectivity index (χ0) is 19.1. The second-order valence-corrected chi connectivity index (χ2v) is 7.41. The molecule has 27 heavy (non-hydrogen) atoms. The second kappa shape index (κ2) is 8.57. The highest BCUT2D eigenvalue weighted by Gasteiger charge is 2.20. The van der Waals surface area contributed by atoms with Gasteiger partial charge in [0.15, 0.2) is 0 Å². The van der Waals surface area contributed by atoms with Crippen molar-refractivity contribution in [1.82, 2.24) is 9.71 Å². The Bertz CT molecular complexity index is 1010. The van der Waals surface area contributed by atoms with Crippen LogP contribution >= 0.6 is 0 Å². The molecule has 7 heteroatoms. The molecule has 0 saturated carbocycles. The number of pyridine rings is 1. The SMILES string of the molecule is O=C(NS(=O)(=O)c1ccccc1)c1cccnc1COCc1ccccc1. The lowest BCUT2D eigenvalue weighted by atomic mass is 10.2. The predicted molar refractivity (Wildman–Crippen MR) is 100 cm³/mol. The zero-order valence-electron chi connectivity index (χ0n) is 14.4. The molecule has 2 aromatic carbocycles. The summed E-state index contributed by atoms with van der Waals surface area (Å²) in [7, 11) is -3.96. The first-order chi connectivity index (χ1) is 13.1. The van der Waals surface area contributed by atoms with E-state index in [0.29, 0.717) is 12.3 Å². The predicted octanol–water partition coefficient (Wildman–Crippen LogP) is 2.92. The van der Waals surface area contributed by atoms with Crippen molar-refractivity contribution in [3.05, 3.63) is 95.8 Å². The van der Waals surface area contributed by atoms with Crippen molar-refractivity contribution in [1.29, 1.82) is 0 Å². The minimum atomic E-state index is -3.96. The molecule has 1 aromatic heterocycles. The van der Waals surface area contributed by atoms with Gasteiger partial charge in [-0.1, -0.05) is 48.5 Å². The molecule has 1 amide bonds. The molecule has 3 aromatic rings. The van der Waals surface area contributed by atoms with Crippen LogP contribution in [-0.4, -0.2) is 19.3 Å². The van der Waals surface area contributed by atoms with Crippen molar-refractivity contribution >= 4 is 15.9 Å². The Labute approximate surface area is 157 Å². The number of ether oxygens (including phenoxy) is 1. The Morgan fingerprint density at radius 3 is 2.26 bits per heavy atom. The van der Waals surface area contributed by atoms with Gasteiger partial charge in [0.1, 0.15) is 0 Å². The van der Waals surface area contributed by atoms with E-state index in [4.69, 9.17) is 4.74 Å². The Balaban J connectivity index is 1.70. The summed E-state index contributed by atoms with van der Waals surface area (Å²) in [4.78, 5) is 16.7. The maximum atomic E-state index is 12.5. The maximum Gasteiger partial charge on any atom is 0.266 e. The van der Waals surface area contributed by atoms with E-state index in [1.807, 2.05) is 30.3 Å². The Morgan fingerprint density at radius 1 is 0.889 bits per heavy atom. The molecule has 138 valence electrons. The van der Waals surface area contributed by atoms with E-state index >= 15 is 0 Å². The molecular weight excluding hydrogens is 364 g/mol. The summed E-state index contributed by atoms with van der Waals surface area (Å²) in [5.41, 5.74) is 1.52. The number of nitrogens with one attached hydrogen (secondary N) is 1. The third-order valence-electron chi connectivity index (χ3n) is 3.77. The van der Waals surface area contributed by atoms with Crippen molar-refractivity contribution in [2.24, 2.45) is 0 Å². The number of nitrogens with zero attached hydrogens (tertiary/aromatic N) is 1. The first-order valence-electron chi connectivity index (χ1n) is 8.24. The highest BCUT2D eigenvalue weighted by Crippen LogP contribution is 2.12. The molecule has 0 aliphatic heterocycles. The van der Waals surface area contributed by atoms with Crippen LogP contribution in [0.1, 0.15) is 21.6 Å². The molecule has 0 saturated heterocycles. The standard InChI is InChI=1S/C20H18N2O4S/c23-20(22-27(24,25)17-10-5-2-6-11-17)18-12-7-13-21-19(18)15-26-14-16-8-3-1-4-9-16/h1-13H,14-15H2,(H,22,23). The van der Waals surface area contributed by atoms with Crippen LogP contribution in [0.4, 0.5) is 0 Å². The number of sulfonamides is 1. The van der Waals surface area contributed by atoms with Gasteiger partial charge in [0.05, 0.1) is 29.4 Å². The van der Waals surface area contributed by atoms with Crippen LogP contribution in [0.2, 0.25) is 0 Å². The van der Waals surface area contributed by atoms with Gasteiger partial charge in [0.2, 0.25) is 0 Å². The first-order valence-corrected chi connectivity index (χ1v) is 9.72. The zero-order valence-corrected chi connectivity index (χ0v) is 15.2. The number of rotatable bonds is 7. The monoisotopic (exact) mass is 382 g/mol. The fraction of sp³-hybridized carbons (Fsp3) is 0.100. The Hall–Kier alpha value is -3.03. The smallest absolute Gasteiger partial charge is 0.266 e. The van der Waals surface area contributed by atoms with Gasteiger partial charge in [-0.15, -0.1) is 0 Å². The summed E-state index contributed by atoms with van der Waals surface area (Å²) in [6, 6.07) is 20.4. The van der Waals surface area contributed by atoms with Crippen LogP contribution in [-0.2, 0) is 28.0 Å². The molecule has 6 nitrogen and oxygen atoms in total. The summed E-state index contributed by atoms with van der Waals surface area (Å²) in [6.07, 6.45) is 1.53. The van der Waals surface area contributed by atoms with Gasteiger partial charge in [-0.2, -0.15) is 0 Å². The third-order valence-corrected chi connectivity index (χ3v) is 5.11. The maximum absolute atomic E-state index is 12.5. The van der Waals surface area contributed by atoms with Crippen LogP contribution in [0.5, 0.6) is 0 Å². The lowest BCUT2D eigenvalue weighted by molar-refractivity contribution is 0.0942. The van der Waals surface area contributed by atoms with Gasteiger partial charge < -0.3 is 4.74 Å². The number of hydrogen-bond donors (Lipinski definition) is 1. The molecule has 0 spiro atoms. The lowest BCUT2D eigenvalue weighted by Crippen LogP contribution is -2.31. The Kier molecular flexibility index (Phi) is 5.95. The number of carbonyl (C=O) groups is 1. The molecule has 0 aliphatic rings. The van der Waals surface area contributed by atoms with Gasteiger partial charge in [-0.05, 0) is 29.8 Å². The highest BCUT2D eigenvalue weighted by molar-refractivity contribution is 7.90. The van der Waals surface area contributed by atoms with E-state index in [1.165, 1.54) is 24.4 Å². The molecule has 0 atom stereocenters. The molecule has 0 fully saturated rings. The Morgan fingerprint density at radius 2 is 1.56 bits per heavy atom. The summed E-state index contributed by atoms with van der Waals surface area (Å²) in [5, 5.41) is 0. The minimum Gasteiger partial charge on any atom is -0.370 e. The van der Waals surface area contributed by atoms with Gasteiger partial charge in [0.25, 0.3) is 15.9 Å². The molecule has 0 unspecified atom stereocenters. The van der Waals surface area contributed by atoms with Gasteiger partial charge in [-0.3, -0.25) is 9.78 Å². The van der Waals surface area contributed by atoms with Crippen molar-refractivity contribution in [3.63, 3.8) is 0 Å². The van der Waals surface area contributed by atoms with Gasteiger partial charge >= 0.3 is 0 Å². The van der Waals surface area contributed by atoms with E-state index in [2.05, 4.69) is 9.71 Å². The number of carbonyl (C=O) groups excluding carboxylic acids is 1. The summed E-state index contributed by atoms with van der Waals surface area (Å²) in [5.74, 6) is -0.745. The van der Waals surface area contributed by atoms with Crippen molar-refractivity contribution in [2.45, 2.75) is 18.1 Å². The molecule has 1 N–H and O–H groups in total. The number of aromatic nitrogens is 1. The van der Waals surface area contributed by atoms with Crippen molar-refractivity contribution < 1.29 is 17.9 Å². The largest absolute Gasteiger partial charge is 0.370 e. The van der Waals surface area contributed by atoms with Crippen LogP contribution in [0.15, 0.2) is 83.9 Å². The first kappa shape index (κ1) is 18.8. The fourth-order valence-electron chi connectivity index (χ4n) is 2.44. The van der Waals surface area contributed by atoms with Gasteiger partial charge in [0, 0.05) is 6.20 Å². The van der Waals surface area contributed by atoms with Crippen molar-refractivity contribution in [3.8, 4) is 0 Å². The van der Waals surface area contributed by atoms with Crippen LogP contribution in [0, 0.1) is 0 Å². The highest BCUT2D eigenvalue weighted by atomic mass is 32.2. The second-order valence-electron chi connectivity index (χ2n) is 5.72. The van der Waals surface area contributed by atoms with Crippen LogP contribution < -0.4 is 4.72 Å². The van der Waals surface area contributed by atoms with E-state index in [1.54, 1.807) is 24.3 Å². The summed E-state index contributed by atoms with van der Waals surface area (Å²) in [6.45, 7) is 0.449. The average Bonchev–Trinajstić information content (AvgIpc) is 2.69. The number of hydrogen-bond acceptors (Lipinski definition) is 5. The molecule has 3 rings (SSSR count). The number of benzene rings is 2. The van der Waals surface area contributed by atoms with E-state index in [0.717, 1.165) is 5.56 Å². The average molecular weight is 382 g/mol. The normalized spacial score (nSPS) is 11.1. The lowest BCUT2D eigenvalue weighted by Gasteiger charge is -2.10. The molecular formula is C20H18N2O4S. The molecule has 0 radical (unpaired) electrons. The summed E-state index contributed by atoms with van der Waals surface area (Å²) < 4.78 is 32.4. The topological polar surface area (TPSA) is 85.4 Å². The van der Waals surface area contributed by atoms with Gasteiger partial charge in [-0.25, -0.2) is 13.1 Å². The third kappa shape index (κ3) is 4.99. The molecule has 0 aliphatic carbocycles. The molecule has 1 heterocycles.